The molecule has 2 aliphatic rings. The van der Waals surface area contributed by atoms with E-state index in [-0.39, 0.29) is 6.61 Å². The minimum Gasteiger partial charge on any atom is -0.479 e. The van der Waals surface area contributed by atoms with Crippen LogP contribution < -0.4 is 0 Å². The van der Waals surface area contributed by atoms with Crippen LogP contribution in [0.2, 0.25) is 0 Å². The summed E-state index contributed by atoms with van der Waals surface area (Å²) in [7, 11) is 0. The van der Waals surface area contributed by atoms with Crippen LogP contribution in [0.15, 0.2) is 24.3 Å². The fourth-order valence-corrected chi connectivity index (χ4v) is 4.15. The van der Waals surface area contributed by atoms with Gasteiger partial charge in [-0.15, -0.1) is 0 Å². The van der Waals surface area contributed by atoms with Crippen LogP contribution in [0.4, 0.5) is 0 Å². The quantitative estimate of drug-likeness (QED) is 0.527. The number of benzene rings is 1. The Morgan fingerprint density at radius 3 is 2.23 bits per heavy atom. The number of rotatable bonds is 10. The molecule has 2 fully saturated rings. The largest absolute Gasteiger partial charge is 0.479 e. The van der Waals surface area contributed by atoms with E-state index in [1.165, 1.54) is 38.5 Å². The van der Waals surface area contributed by atoms with Gasteiger partial charge < -0.3 is 24.1 Å². The van der Waals surface area contributed by atoms with E-state index in [0.717, 1.165) is 12.0 Å². The van der Waals surface area contributed by atoms with Gasteiger partial charge in [-0.1, -0.05) is 69.7 Å². The molecule has 0 saturated carbocycles. The first-order chi connectivity index (χ1) is 14.4. The first kappa shape index (κ1) is 23.2. The van der Waals surface area contributed by atoms with Crippen molar-refractivity contribution in [2.75, 3.05) is 19.8 Å². The van der Waals surface area contributed by atoms with Crippen molar-refractivity contribution in [1.29, 1.82) is 0 Å². The summed E-state index contributed by atoms with van der Waals surface area (Å²) in [6, 6.07) is 7.24. The number of hydrogen-bond donors (Lipinski definition) is 1. The van der Waals surface area contributed by atoms with Gasteiger partial charge in [-0.25, -0.2) is 4.79 Å². The van der Waals surface area contributed by atoms with Crippen molar-refractivity contribution in [3.8, 4) is 0 Å². The van der Waals surface area contributed by atoms with Crippen molar-refractivity contribution in [3.63, 3.8) is 0 Å². The molecular weight excluding hydrogens is 384 g/mol. The van der Waals surface area contributed by atoms with E-state index in [9.17, 15) is 9.90 Å². The van der Waals surface area contributed by atoms with Crippen molar-refractivity contribution < 1.29 is 28.8 Å². The van der Waals surface area contributed by atoms with E-state index >= 15 is 0 Å². The number of ether oxygens (including phenoxy) is 4. The molecule has 0 amide bonds. The van der Waals surface area contributed by atoms with E-state index in [1.54, 1.807) is 26.0 Å². The predicted molar refractivity (Wildman–Crippen MR) is 113 cm³/mol. The molecule has 0 aromatic heterocycles. The Kier molecular flexibility index (Phi) is 7.91. The fraction of sp³-hybridized carbons (Fsp3) is 0.708. The molecule has 30 heavy (non-hydrogen) atoms. The van der Waals surface area contributed by atoms with Gasteiger partial charge in [0.05, 0.1) is 19.8 Å². The normalized spacial score (nSPS) is 28.5. The molecule has 1 aromatic rings. The van der Waals surface area contributed by atoms with E-state index in [1.807, 2.05) is 12.1 Å². The second-order valence-electron chi connectivity index (χ2n) is 8.97. The summed E-state index contributed by atoms with van der Waals surface area (Å²) in [6.45, 7) is 7.06. The summed E-state index contributed by atoms with van der Waals surface area (Å²) in [5, 5.41) is 9.77. The first-order valence-electron chi connectivity index (χ1n) is 11.3. The zero-order valence-electron chi connectivity index (χ0n) is 18.5. The molecule has 0 aliphatic carbocycles. The van der Waals surface area contributed by atoms with E-state index in [0.29, 0.717) is 24.7 Å². The number of carboxylic acid groups (broad SMARTS) is 1. The summed E-state index contributed by atoms with van der Waals surface area (Å²) in [4.78, 5) is 11.9. The van der Waals surface area contributed by atoms with Crippen LogP contribution >= 0.6 is 0 Å². The number of carboxylic acids is 1. The van der Waals surface area contributed by atoms with Gasteiger partial charge in [0.1, 0.15) is 0 Å². The smallest absolute Gasteiger partial charge is 0.343 e. The molecule has 1 atom stereocenters. The Bertz CT molecular complexity index is 677. The summed E-state index contributed by atoms with van der Waals surface area (Å²) in [5.41, 5.74) is -0.0463. The summed E-state index contributed by atoms with van der Waals surface area (Å²) in [5.74, 6) is -1.53. The Hall–Kier alpha value is -1.47. The molecule has 0 radical (unpaired) electrons. The number of aliphatic carboxylic acids is 1. The second kappa shape index (κ2) is 10.2. The SMILES string of the molecule is CCCCCCCCC1COC(c2ccc(C3(C(=O)O)COC(C)(C)O3)cc2)OC1. The third-order valence-electron chi connectivity index (χ3n) is 5.97. The molecule has 2 saturated heterocycles. The fourth-order valence-electron chi connectivity index (χ4n) is 4.15. The van der Waals surface area contributed by atoms with Gasteiger partial charge in [-0.3, -0.25) is 0 Å². The molecule has 0 bridgehead atoms. The maximum atomic E-state index is 11.9. The molecule has 6 heteroatoms. The first-order valence-corrected chi connectivity index (χ1v) is 11.3. The molecule has 168 valence electrons. The van der Waals surface area contributed by atoms with Gasteiger partial charge in [0, 0.05) is 11.5 Å². The Labute approximate surface area is 179 Å². The lowest BCUT2D eigenvalue weighted by Crippen LogP contribution is -2.40. The van der Waals surface area contributed by atoms with Gasteiger partial charge in [0.2, 0.25) is 5.60 Å². The highest BCUT2D eigenvalue weighted by atomic mass is 16.8. The average molecular weight is 421 g/mol. The van der Waals surface area contributed by atoms with Gasteiger partial charge in [-0.05, 0) is 25.8 Å². The molecule has 2 aliphatic heterocycles. The lowest BCUT2D eigenvalue weighted by Gasteiger charge is -2.30. The van der Waals surface area contributed by atoms with Crippen molar-refractivity contribution >= 4 is 5.97 Å². The monoisotopic (exact) mass is 420 g/mol. The van der Waals surface area contributed by atoms with Crippen LogP contribution in [-0.2, 0) is 29.3 Å². The Morgan fingerprint density at radius 2 is 1.67 bits per heavy atom. The second-order valence-corrected chi connectivity index (χ2v) is 8.97. The Balaban J connectivity index is 1.50. The minimum atomic E-state index is -1.49. The topological polar surface area (TPSA) is 74.2 Å². The van der Waals surface area contributed by atoms with Gasteiger partial charge in [0.15, 0.2) is 12.1 Å². The summed E-state index contributed by atoms with van der Waals surface area (Å²) >= 11 is 0. The third-order valence-corrected chi connectivity index (χ3v) is 5.97. The highest BCUT2D eigenvalue weighted by molar-refractivity contribution is 5.80. The number of unbranched alkanes of at least 4 members (excludes halogenated alkanes) is 5. The van der Waals surface area contributed by atoms with Gasteiger partial charge >= 0.3 is 5.97 Å². The average Bonchev–Trinajstić information content (AvgIpc) is 3.08. The standard InChI is InChI=1S/C24H36O6/c1-4-5-6-7-8-9-10-18-15-27-21(28-16-18)19-11-13-20(14-12-19)24(22(25)26)17-29-23(2,3)30-24/h11-14,18,21H,4-10,15-17H2,1-3H3,(H,25,26). The van der Waals surface area contributed by atoms with Gasteiger partial charge in [0.25, 0.3) is 0 Å². The third kappa shape index (κ3) is 5.61. The highest BCUT2D eigenvalue weighted by Gasteiger charge is 2.52. The van der Waals surface area contributed by atoms with E-state index < -0.39 is 23.6 Å². The maximum Gasteiger partial charge on any atom is 0.343 e. The Morgan fingerprint density at radius 1 is 1.03 bits per heavy atom. The number of carbonyl (C=O) groups is 1. The number of hydrogen-bond acceptors (Lipinski definition) is 5. The van der Waals surface area contributed by atoms with E-state index in [4.69, 9.17) is 18.9 Å². The van der Waals surface area contributed by atoms with Crippen LogP contribution in [0.25, 0.3) is 0 Å². The van der Waals surface area contributed by atoms with Crippen LogP contribution in [0, 0.1) is 5.92 Å². The summed E-state index contributed by atoms with van der Waals surface area (Å²) < 4.78 is 23.2. The maximum absolute atomic E-state index is 11.9. The summed E-state index contributed by atoms with van der Waals surface area (Å²) in [6.07, 6.45) is 8.53. The van der Waals surface area contributed by atoms with Crippen LogP contribution in [0.1, 0.15) is 83.1 Å². The zero-order valence-corrected chi connectivity index (χ0v) is 18.5. The molecule has 3 rings (SSSR count). The lowest BCUT2D eigenvalue weighted by molar-refractivity contribution is -0.206. The minimum absolute atomic E-state index is 0.0226. The molecule has 2 heterocycles. The molecule has 1 unspecified atom stereocenters. The lowest BCUT2D eigenvalue weighted by atomic mass is 9.93. The van der Waals surface area contributed by atoms with Crippen molar-refractivity contribution in [2.24, 2.45) is 5.92 Å². The predicted octanol–water partition coefficient (Wildman–Crippen LogP) is 5.16. The van der Waals surface area contributed by atoms with Gasteiger partial charge in [-0.2, -0.15) is 0 Å². The molecular formula is C24H36O6. The highest BCUT2D eigenvalue weighted by Crippen LogP contribution is 2.39. The molecule has 1 N–H and O–H groups in total. The van der Waals surface area contributed by atoms with Crippen molar-refractivity contribution in [2.45, 2.75) is 83.4 Å². The van der Waals surface area contributed by atoms with Crippen LogP contribution in [0.3, 0.4) is 0 Å². The van der Waals surface area contributed by atoms with Crippen molar-refractivity contribution in [1.82, 2.24) is 0 Å². The molecule has 1 aromatic carbocycles. The molecule has 0 spiro atoms. The molecule has 6 nitrogen and oxygen atoms in total. The van der Waals surface area contributed by atoms with Crippen LogP contribution in [0.5, 0.6) is 0 Å². The van der Waals surface area contributed by atoms with Crippen molar-refractivity contribution in [3.05, 3.63) is 35.4 Å². The van der Waals surface area contributed by atoms with E-state index in [2.05, 4.69) is 6.92 Å². The van der Waals surface area contributed by atoms with Crippen LogP contribution in [-0.4, -0.2) is 36.7 Å². The zero-order chi connectivity index (χ0) is 21.6.